The fourth-order valence-corrected chi connectivity index (χ4v) is 10.5. The van der Waals surface area contributed by atoms with Crippen LogP contribution in [0.4, 0.5) is 0 Å². The molecule has 0 saturated carbocycles. The van der Waals surface area contributed by atoms with E-state index in [1.165, 1.54) is 16.2 Å². The second-order valence-electron chi connectivity index (χ2n) is 9.51. The summed E-state index contributed by atoms with van der Waals surface area (Å²) in [5, 5.41) is 2.64. The lowest BCUT2D eigenvalue weighted by Crippen LogP contribution is -2.43. The van der Waals surface area contributed by atoms with E-state index >= 15 is 0 Å². The van der Waals surface area contributed by atoms with Gasteiger partial charge in [-0.25, -0.2) is 0 Å². The van der Waals surface area contributed by atoms with Gasteiger partial charge in [0, 0.05) is 38.6 Å². The van der Waals surface area contributed by atoms with Crippen molar-refractivity contribution in [3.05, 3.63) is 109 Å². The summed E-state index contributed by atoms with van der Waals surface area (Å²) in [6, 6.07) is 32.5. The standard InChI is InChI=1S/C30H34N2OP/c1-2-22-34(27-14-8-4-9-15-27,28-16-10-5-11-17-28)29-19-21-32(30(29)33)26-18-20-31(24-26)23-25-12-6-3-7-13-25/h2-17,26,29H,1,18-24H2/q+1. The fraction of sp³-hybridized carbons (Fsp3) is 0.300. The maximum absolute atomic E-state index is 14.1. The third-order valence-corrected chi connectivity index (χ3v) is 12.3. The molecule has 3 aromatic rings. The first-order chi connectivity index (χ1) is 16.7. The van der Waals surface area contributed by atoms with E-state index in [2.05, 4.69) is 107 Å². The van der Waals surface area contributed by atoms with Crippen LogP contribution in [-0.4, -0.2) is 53.2 Å². The summed E-state index contributed by atoms with van der Waals surface area (Å²) in [7, 11) is -1.98. The Kier molecular flexibility index (Phi) is 6.94. The Morgan fingerprint density at radius 2 is 1.41 bits per heavy atom. The number of allylic oxidation sites excluding steroid dienone is 1. The number of nitrogens with zero attached hydrogens (tertiary/aromatic N) is 2. The molecule has 2 fully saturated rings. The second kappa shape index (κ2) is 10.3. The normalized spacial score (nSPS) is 21.2. The van der Waals surface area contributed by atoms with Crippen molar-refractivity contribution in [3.8, 4) is 0 Å². The molecule has 0 aromatic heterocycles. The zero-order valence-corrected chi connectivity index (χ0v) is 20.7. The van der Waals surface area contributed by atoms with Gasteiger partial charge in [0.1, 0.15) is 10.6 Å². The van der Waals surface area contributed by atoms with Gasteiger partial charge >= 0.3 is 0 Å². The SMILES string of the molecule is C=CC[P+](c1ccccc1)(c1ccccc1)C1CCN(C2CCN(Cc3ccccc3)C2)C1=O. The molecule has 2 unspecified atom stereocenters. The molecular formula is C30H34N2OP+. The van der Waals surface area contributed by atoms with Crippen molar-refractivity contribution in [2.45, 2.75) is 31.1 Å². The van der Waals surface area contributed by atoms with Crippen molar-refractivity contribution in [2.75, 3.05) is 25.8 Å². The molecule has 4 heteroatoms. The molecule has 2 saturated heterocycles. The highest BCUT2D eigenvalue weighted by molar-refractivity contribution is 7.91. The molecule has 0 radical (unpaired) electrons. The van der Waals surface area contributed by atoms with Crippen LogP contribution in [0.25, 0.3) is 0 Å². The van der Waals surface area contributed by atoms with Gasteiger partial charge in [-0.15, -0.1) is 0 Å². The van der Waals surface area contributed by atoms with Gasteiger partial charge in [-0.3, -0.25) is 9.69 Å². The molecule has 3 nitrogen and oxygen atoms in total. The molecule has 0 spiro atoms. The highest BCUT2D eigenvalue weighted by atomic mass is 31.2. The number of hydrogen-bond donors (Lipinski definition) is 0. The quantitative estimate of drug-likeness (QED) is 0.352. The van der Waals surface area contributed by atoms with E-state index in [-0.39, 0.29) is 5.66 Å². The number of likely N-dealkylation sites (tertiary alicyclic amines) is 2. The van der Waals surface area contributed by atoms with E-state index in [0.717, 1.165) is 45.2 Å². The predicted octanol–water partition coefficient (Wildman–Crippen LogP) is 4.72. The maximum atomic E-state index is 14.1. The summed E-state index contributed by atoms with van der Waals surface area (Å²) >= 11 is 0. The van der Waals surface area contributed by atoms with Gasteiger partial charge in [-0.2, -0.15) is 0 Å². The molecule has 2 atom stereocenters. The topological polar surface area (TPSA) is 23.6 Å². The van der Waals surface area contributed by atoms with E-state index in [4.69, 9.17) is 0 Å². The van der Waals surface area contributed by atoms with Crippen LogP contribution >= 0.6 is 7.26 Å². The lowest BCUT2D eigenvalue weighted by atomic mass is 10.2. The smallest absolute Gasteiger partial charge is 0.264 e. The predicted molar refractivity (Wildman–Crippen MR) is 144 cm³/mol. The summed E-state index contributed by atoms with van der Waals surface area (Å²) < 4.78 is 0. The number of carbonyl (C=O) groups excluding carboxylic acids is 1. The van der Waals surface area contributed by atoms with Crippen LogP contribution in [0.1, 0.15) is 18.4 Å². The van der Waals surface area contributed by atoms with Gasteiger partial charge < -0.3 is 4.90 Å². The van der Waals surface area contributed by atoms with Crippen LogP contribution in [0.15, 0.2) is 104 Å². The molecule has 0 bridgehead atoms. The van der Waals surface area contributed by atoms with Crippen molar-refractivity contribution >= 4 is 23.8 Å². The van der Waals surface area contributed by atoms with Crippen LogP contribution in [0.2, 0.25) is 0 Å². The Morgan fingerprint density at radius 3 is 2.00 bits per heavy atom. The van der Waals surface area contributed by atoms with E-state index in [1.54, 1.807) is 0 Å². The lowest BCUT2D eigenvalue weighted by Gasteiger charge is -2.32. The minimum atomic E-state index is -1.98. The lowest BCUT2D eigenvalue weighted by molar-refractivity contribution is -0.129. The summed E-state index contributed by atoms with van der Waals surface area (Å²) in [5.41, 5.74) is 1.37. The summed E-state index contributed by atoms with van der Waals surface area (Å²) in [6.07, 6.45) is 4.89. The van der Waals surface area contributed by atoms with Crippen molar-refractivity contribution in [3.63, 3.8) is 0 Å². The summed E-state index contributed by atoms with van der Waals surface area (Å²) in [4.78, 5) is 18.8. The molecule has 5 rings (SSSR count). The van der Waals surface area contributed by atoms with E-state index < -0.39 is 7.26 Å². The van der Waals surface area contributed by atoms with E-state index in [1.807, 2.05) is 6.08 Å². The van der Waals surface area contributed by atoms with Crippen molar-refractivity contribution in [1.29, 1.82) is 0 Å². The van der Waals surface area contributed by atoms with E-state index in [0.29, 0.717) is 11.9 Å². The van der Waals surface area contributed by atoms with Gasteiger partial charge in [0.25, 0.3) is 5.91 Å². The Labute approximate surface area is 204 Å². The second-order valence-corrected chi connectivity index (χ2v) is 13.3. The number of benzene rings is 3. The highest BCUT2D eigenvalue weighted by Crippen LogP contribution is 2.63. The van der Waals surface area contributed by atoms with Gasteiger partial charge in [-0.05, 0) is 36.2 Å². The Hall–Kier alpha value is -2.74. The van der Waals surface area contributed by atoms with Crippen LogP contribution in [0, 0.1) is 0 Å². The number of amides is 1. The summed E-state index contributed by atoms with van der Waals surface area (Å²) in [5.74, 6) is 0.356. The third-order valence-electron chi connectivity index (χ3n) is 7.53. The number of hydrogen-bond acceptors (Lipinski definition) is 2. The number of carbonyl (C=O) groups is 1. The van der Waals surface area contributed by atoms with Crippen molar-refractivity contribution in [1.82, 2.24) is 9.80 Å². The summed E-state index contributed by atoms with van der Waals surface area (Å²) in [6.45, 7) is 7.99. The average molecular weight is 470 g/mol. The fourth-order valence-electron chi connectivity index (χ4n) is 5.95. The minimum absolute atomic E-state index is 0.0264. The molecule has 0 N–H and O–H groups in total. The molecule has 34 heavy (non-hydrogen) atoms. The van der Waals surface area contributed by atoms with Gasteiger partial charge in [0.15, 0.2) is 5.66 Å². The van der Waals surface area contributed by atoms with Crippen molar-refractivity contribution < 1.29 is 4.79 Å². The van der Waals surface area contributed by atoms with Crippen LogP contribution in [0.3, 0.4) is 0 Å². The van der Waals surface area contributed by atoms with E-state index in [9.17, 15) is 4.79 Å². The zero-order chi connectivity index (χ0) is 23.4. The molecular weight excluding hydrogens is 435 g/mol. The Morgan fingerprint density at radius 1 is 0.824 bits per heavy atom. The van der Waals surface area contributed by atoms with Crippen LogP contribution in [0.5, 0.6) is 0 Å². The van der Waals surface area contributed by atoms with Gasteiger partial charge in [-0.1, -0.05) is 79.4 Å². The first kappa shape index (κ1) is 23.0. The molecule has 3 aromatic carbocycles. The Bertz CT molecular complexity index is 1060. The zero-order valence-electron chi connectivity index (χ0n) is 19.8. The largest absolute Gasteiger partial charge is 0.335 e. The average Bonchev–Trinajstić information content (AvgIpc) is 3.51. The number of rotatable bonds is 8. The minimum Gasteiger partial charge on any atom is -0.335 e. The molecule has 0 aliphatic carbocycles. The molecule has 2 aliphatic rings. The monoisotopic (exact) mass is 469 g/mol. The van der Waals surface area contributed by atoms with Gasteiger partial charge in [0.05, 0.1) is 13.4 Å². The van der Waals surface area contributed by atoms with Crippen molar-refractivity contribution in [2.24, 2.45) is 0 Å². The van der Waals surface area contributed by atoms with Gasteiger partial charge in [0.2, 0.25) is 0 Å². The molecule has 2 heterocycles. The third kappa shape index (κ3) is 4.35. The molecule has 174 valence electrons. The first-order valence-corrected chi connectivity index (χ1v) is 14.4. The van der Waals surface area contributed by atoms with Crippen LogP contribution < -0.4 is 10.6 Å². The highest BCUT2D eigenvalue weighted by Gasteiger charge is 2.57. The molecule has 1 amide bonds. The molecule has 2 aliphatic heterocycles. The Balaban J connectivity index is 1.41. The van der Waals surface area contributed by atoms with Crippen LogP contribution in [-0.2, 0) is 11.3 Å². The maximum Gasteiger partial charge on any atom is 0.264 e. The first-order valence-electron chi connectivity index (χ1n) is 12.4.